The monoisotopic (exact) mass is 329 g/mol. The van der Waals surface area contributed by atoms with E-state index >= 15 is 0 Å². The summed E-state index contributed by atoms with van der Waals surface area (Å²) in [5.74, 6) is -0.276. The van der Waals surface area contributed by atoms with Crippen LogP contribution in [0.2, 0.25) is 0 Å². The van der Waals surface area contributed by atoms with Gasteiger partial charge in [0, 0.05) is 6.54 Å². The van der Waals surface area contributed by atoms with E-state index in [1.807, 2.05) is 62.3 Å². The Bertz CT molecular complexity index is 661. The molecule has 2 unspecified atom stereocenters. The fourth-order valence-corrected chi connectivity index (χ4v) is 2.57. The first-order chi connectivity index (χ1) is 11.5. The average Bonchev–Trinajstić information content (AvgIpc) is 2.55. The summed E-state index contributed by atoms with van der Waals surface area (Å²) in [6.07, 6.45) is 0. The maximum Gasteiger partial charge on any atom is 0.315 e. The molecule has 5 heteroatoms. The van der Waals surface area contributed by atoms with E-state index in [1.165, 1.54) is 12.1 Å². The zero-order valence-corrected chi connectivity index (χ0v) is 14.3. The van der Waals surface area contributed by atoms with Crippen molar-refractivity contribution in [3.8, 4) is 0 Å². The van der Waals surface area contributed by atoms with E-state index in [0.29, 0.717) is 6.54 Å². The second-order valence-corrected chi connectivity index (χ2v) is 6.02. The van der Waals surface area contributed by atoms with E-state index in [4.69, 9.17) is 0 Å². The Labute approximate surface area is 142 Å². The van der Waals surface area contributed by atoms with Gasteiger partial charge in [-0.15, -0.1) is 0 Å². The van der Waals surface area contributed by atoms with E-state index in [1.54, 1.807) is 6.07 Å². The summed E-state index contributed by atoms with van der Waals surface area (Å²) in [4.78, 5) is 14.1. The number of hydrogen-bond donors (Lipinski definition) is 2. The number of benzene rings is 2. The summed E-state index contributed by atoms with van der Waals surface area (Å²) >= 11 is 0. The number of nitrogens with one attached hydrogen (secondary N) is 2. The highest BCUT2D eigenvalue weighted by Gasteiger charge is 2.16. The smallest absolute Gasteiger partial charge is 0.315 e. The molecule has 128 valence electrons. The fraction of sp³-hybridized carbons (Fsp3) is 0.316. The predicted octanol–water partition coefficient (Wildman–Crippen LogP) is 3.49. The molecule has 0 spiro atoms. The molecule has 2 N–H and O–H groups in total. The highest BCUT2D eigenvalue weighted by molar-refractivity contribution is 5.74. The molecule has 0 aromatic heterocycles. The van der Waals surface area contributed by atoms with Crippen LogP contribution in [0.3, 0.4) is 0 Å². The topological polar surface area (TPSA) is 44.4 Å². The Morgan fingerprint density at radius 1 is 1.08 bits per heavy atom. The van der Waals surface area contributed by atoms with E-state index in [0.717, 1.165) is 11.1 Å². The van der Waals surface area contributed by atoms with Gasteiger partial charge in [-0.05, 0) is 44.3 Å². The van der Waals surface area contributed by atoms with Crippen molar-refractivity contribution in [3.05, 3.63) is 71.5 Å². The van der Waals surface area contributed by atoms with Gasteiger partial charge in [-0.2, -0.15) is 0 Å². The lowest BCUT2D eigenvalue weighted by Gasteiger charge is -2.25. The number of carbonyl (C=O) groups excluding carboxylic acids is 1. The second-order valence-electron chi connectivity index (χ2n) is 6.02. The molecule has 2 amide bonds. The van der Waals surface area contributed by atoms with E-state index < -0.39 is 0 Å². The van der Waals surface area contributed by atoms with Gasteiger partial charge >= 0.3 is 6.03 Å². The van der Waals surface area contributed by atoms with Crippen molar-refractivity contribution in [1.82, 2.24) is 15.5 Å². The molecule has 0 saturated heterocycles. The first-order valence-corrected chi connectivity index (χ1v) is 7.98. The van der Waals surface area contributed by atoms with Crippen LogP contribution in [0.1, 0.15) is 30.1 Å². The van der Waals surface area contributed by atoms with Crippen molar-refractivity contribution in [2.45, 2.75) is 19.0 Å². The number of nitrogens with zero attached hydrogens (tertiary/aromatic N) is 1. The Hall–Kier alpha value is -2.40. The van der Waals surface area contributed by atoms with Gasteiger partial charge in [0.15, 0.2) is 0 Å². The number of urea groups is 1. The molecule has 2 atom stereocenters. The molecule has 0 aliphatic heterocycles. The maximum absolute atomic E-state index is 13.4. The van der Waals surface area contributed by atoms with Crippen molar-refractivity contribution in [2.24, 2.45) is 0 Å². The molecule has 24 heavy (non-hydrogen) atoms. The molecule has 0 heterocycles. The summed E-state index contributed by atoms with van der Waals surface area (Å²) in [5.41, 5.74) is 1.87. The molecule has 0 fully saturated rings. The van der Waals surface area contributed by atoms with Crippen LogP contribution in [0.5, 0.6) is 0 Å². The van der Waals surface area contributed by atoms with Crippen LogP contribution < -0.4 is 10.6 Å². The zero-order valence-electron chi connectivity index (χ0n) is 14.3. The van der Waals surface area contributed by atoms with Gasteiger partial charge in [0.25, 0.3) is 0 Å². The quantitative estimate of drug-likeness (QED) is 0.852. The molecular formula is C19H24FN3O. The van der Waals surface area contributed by atoms with Crippen LogP contribution in [-0.4, -0.2) is 31.6 Å². The molecule has 0 bridgehead atoms. The third-order valence-electron chi connectivity index (χ3n) is 3.96. The lowest BCUT2D eigenvalue weighted by molar-refractivity contribution is 0.230. The highest BCUT2D eigenvalue weighted by atomic mass is 19.1. The molecule has 0 aliphatic rings. The third kappa shape index (κ3) is 5.06. The fourth-order valence-electron chi connectivity index (χ4n) is 2.57. The zero-order chi connectivity index (χ0) is 17.5. The number of hydrogen-bond acceptors (Lipinski definition) is 2. The van der Waals surface area contributed by atoms with Crippen molar-refractivity contribution < 1.29 is 9.18 Å². The minimum atomic E-state index is -0.276. The highest BCUT2D eigenvalue weighted by Crippen LogP contribution is 2.18. The molecule has 0 saturated carbocycles. The first-order valence-electron chi connectivity index (χ1n) is 7.98. The first kappa shape index (κ1) is 17.9. The van der Waals surface area contributed by atoms with Crippen molar-refractivity contribution >= 4 is 6.03 Å². The molecular weight excluding hydrogens is 305 g/mol. The van der Waals surface area contributed by atoms with Crippen LogP contribution in [0.15, 0.2) is 54.6 Å². The molecule has 2 aromatic carbocycles. The van der Waals surface area contributed by atoms with Crippen LogP contribution in [0.4, 0.5) is 9.18 Å². The van der Waals surface area contributed by atoms with Gasteiger partial charge in [0.05, 0.1) is 12.1 Å². The average molecular weight is 329 g/mol. The number of likely N-dealkylation sites (N-methyl/N-ethyl adjacent to an activating group) is 1. The minimum absolute atomic E-state index is 0.0850. The third-order valence-corrected chi connectivity index (χ3v) is 3.96. The van der Waals surface area contributed by atoms with Gasteiger partial charge in [-0.3, -0.25) is 0 Å². The summed E-state index contributed by atoms with van der Waals surface area (Å²) in [6, 6.07) is 15.8. The standard InChI is InChI=1S/C19H24FN3O/c1-14(15-8-5-4-6-9-15)22-19(24)21-13-18(23(2)3)16-10-7-11-17(20)12-16/h4-12,14,18H,13H2,1-3H3,(H2,21,22,24). The van der Waals surface area contributed by atoms with Crippen molar-refractivity contribution in [1.29, 1.82) is 0 Å². The Morgan fingerprint density at radius 2 is 1.75 bits per heavy atom. The minimum Gasteiger partial charge on any atom is -0.336 e. The van der Waals surface area contributed by atoms with Gasteiger partial charge in [-0.1, -0.05) is 42.5 Å². The van der Waals surface area contributed by atoms with Gasteiger partial charge in [0.1, 0.15) is 5.82 Å². The SMILES string of the molecule is CC(NC(=O)NCC(c1cccc(F)c1)N(C)C)c1ccccc1. The van der Waals surface area contributed by atoms with Gasteiger partial charge < -0.3 is 15.5 Å². The van der Waals surface area contributed by atoms with Gasteiger partial charge in [0.2, 0.25) is 0 Å². The Balaban J connectivity index is 1.93. The Morgan fingerprint density at radius 3 is 2.38 bits per heavy atom. The number of halogens is 1. The Kier molecular flexibility index (Phi) is 6.32. The summed E-state index contributed by atoms with van der Waals surface area (Å²) in [7, 11) is 3.81. The van der Waals surface area contributed by atoms with Crippen LogP contribution in [0.25, 0.3) is 0 Å². The lowest BCUT2D eigenvalue weighted by Crippen LogP contribution is -2.41. The van der Waals surface area contributed by atoms with E-state index in [9.17, 15) is 9.18 Å². The summed E-state index contributed by atoms with van der Waals surface area (Å²) in [6.45, 7) is 2.33. The van der Waals surface area contributed by atoms with Crippen LogP contribution in [-0.2, 0) is 0 Å². The van der Waals surface area contributed by atoms with E-state index in [2.05, 4.69) is 10.6 Å². The number of rotatable bonds is 6. The molecule has 4 nitrogen and oxygen atoms in total. The predicted molar refractivity (Wildman–Crippen MR) is 94.2 cm³/mol. The molecule has 2 rings (SSSR count). The summed E-state index contributed by atoms with van der Waals surface area (Å²) < 4.78 is 13.4. The maximum atomic E-state index is 13.4. The normalized spacial score (nSPS) is 13.4. The van der Waals surface area contributed by atoms with Crippen molar-refractivity contribution in [2.75, 3.05) is 20.6 Å². The molecule has 0 radical (unpaired) electrons. The van der Waals surface area contributed by atoms with Crippen molar-refractivity contribution in [3.63, 3.8) is 0 Å². The number of amides is 2. The second kappa shape index (κ2) is 8.45. The largest absolute Gasteiger partial charge is 0.336 e. The summed E-state index contributed by atoms with van der Waals surface area (Å²) in [5, 5.41) is 5.78. The van der Waals surface area contributed by atoms with E-state index in [-0.39, 0.29) is 23.9 Å². The van der Waals surface area contributed by atoms with Crippen LogP contribution in [0, 0.1) is 5.82 Å². The van der Waals surface area contributed by atoms with Crippen LogP contribution >= 0.6 is 0 Å². The molecule has 2 aromatic rings. The van der Waals surface area contributed by atoms with Gasteiger partial charge in [-0.25, -0.2) is 9.18 Å². The molecule has 0 aliphatic carbocycles. The number of carbonyl (C=O) groups is 1. The lowest BCUT2D eigenvalue weighted by atomic mass is 10.1.